The van der Waals surface area contributed by atoms with Crippen LogP contribution in [0.15, 0.2) is 0 Å². The van der Waals surface area contributed by atoms with Crippen LogP contribution < -0.4 is 0 Å². The maximum absolute atomic E-state index is 9.29. The highest BCUT2D eigenvalue weighted by molar-refractivity contribution is 4.67. The van der Waals surface area contributed by atoms with Gasteiger partial charge in [0.2, 0.25) is 0 Å². The predicted molar refractivity (Wildman–Crippen MR) is 48.0 cm³/mol. The summed E-state index contributed by atoms with van der Waals surface area (Å²) in [7, 11) is 0. The highest BCUT2D eigenvalue weighted by Gasteiger charge is 2.02. The van der Waals surface area contributed by atoms with Crippen LogP contribution >= 0.6 is 0 Å². The van der Waals surface area contributed by atoms with Crippen molar-refractivity contribution in [1.82, 2.24) is 0 Å². The molecule has 0 aromatic carbocycles. The average Bonchev–Trinajstić information content (AvgIpc) is 2.13. The molecule has 0 spiro atoms. The maximum Gasteiger partial charge on any atom is 0.0773 e. The third-order valence-corrected chi connectivity index (χ3v) is 1.61. The van der Waals surface area contributed by atoms with E-state index in [2.05, 4.69) is 0 Å². The highest BCUT2D eigenvalue weighted by atomic mass is 16.5. The fourth-order valence-corrected chi connectivity index (χ4v) is 0.912. The van der Waals surface area contributed by atoms with Gasteiger partial charge in [-0.05, 0) is 19.3 Å². The van der Waals surface area contributed by atoms with Crippen LogP contribution in [0, 0.1) is 11.3 Å². The van der Waals surface area contributed by atoms with Crippen molar-refractivity contribution in [2.75, 3.05) is 19.8 Å². The van der Waals surface area contributed by atoms with Gasteiger partial charge in [-0.15, -0.1) is 0 Å². The summed E-state index contributed by atoms with van der Waals surface area (Å²) >= 11 is 0. The topological polar surface area (TPSA) is 73.5 Å². The van der Waals surface area contributed by atoms with Crippen LogP contribution in [0.3, 0.4) is 0 Å². The summed E-state index contributed by atoms with van der Waals surface area (Å²) in [6.07, 6.45) is 2.07. The lowest BCUT2D eigenvalue weighted by Gasteiger charge is -2.09. The molecule has 0 saturated carbocycles. The van der Waals surface area contributed by atoms with E-state index in [9.17, 15) is 5.11 Å². The molecule has 0 aliphatic heterocycles. The molecule has 4 heteroatoms. The molecule has 0 rings (SSSR count). The Balaban J connectivity index is 3.11. The monoisotopic (exact) mass is 187 g/mol. The van der Waals surface area contributed by atoms with E-state index in [4.69, 9.17) is 15.1 Å². The Hall–Kier alpha value is -0.630. The van der Waals surface area contributed by atoms with Gasteiger partial charge in [0, 0.05) is 6.61 Å². The molecule has 1 unspecified atom stereocenters. The minimum atomic E-state index is -0.467. The van der Waals surface area contributed by atoms with Gasteiger partial charge in [0.15, 0.2) is 0 Å². The zero-order valence-corrected chi connectivity index (χ0v) is 7.78. The Morgan fingerprint density at radius 1 is 1.38 bits per heavy atom. The van der Waals surface area contributed by atoms with Crippen LogP contribution in [-0.4, -0.2) is 36.1 Å². The van der Waals surface area contributed by atoms with Crippen LogP contribution in [0.2, 0.25) is 0 Å². The Kier molecular flexibility index (Phi) is 9.00. The molecule has 0 aromatic heterocycles. The Morgan fingerprint density at radius 2 is 2.15 bits per heavy atom. The third-order valence-electron chi connectivity index (χ3n) is 1.61. The quantitative estimate of drug-likeness (QED) is 0.541. The minimum absolute atomic E-state index is 0.169. The van der Waals surface area contributed by atoms with Crippen LogP contribution in [0.5, 0.6) is 0 Å². The van der Waals surface area contributed by atoms with Gasteiger partial charge >= 0.3 is 0 Å². The van der Waals surface area contributed by atoms with E-state index in [1.165, 1.54) is 0 Å². The lowest BCUT2D eigenvalue weighted by atomic mass is 10.2. The second-order valence-corrected chi connectivity index (χ2v) is 2.86. The minimum Gasteiger partial charge on any atom is -0.396 e. The zero-order valence-electron chi connectivity index (χ0n) is 7.78. The molecular weight excluding hydrogens is 170 g/mol. The number of hydrogen-bond donors (Lipinski definition) is 2. The van der Waals surface area contributed by atoms with E-state index in [-0.39, 0.29) is 13.2 Å². The summed E-state index contributed by atoms with van der Waals surface area (Å²) in [5.41, 5.74) is 0. The second kappa shape index (κ2) is 9.46. The number of aliphatic hydroxyl groups excluding tert-OH is 2. The van der Waals surface area contributed by atoms with Crippen molar-refractivity contribution in [2.45, 2.75) is 31.8 Å². The van der Waals surface area contributed by atoms with Gasteiger partial charge in [-0.3, -0.25) is 0 Å². The normalized spacial score (nSPS) is 12.4. The average molecular weight is 187 g/mol. The van der Waals surface area contributed by atoms with Gasteiger partial charge in [-0.2, -0.15) is 5.26 Å². The molecule has 1 atom stereocenters. The predicted octanol–water partition coefficient (Wildman–Crippen LogP) is 0.440. The van der Waals surface area contributed by atoms with Crippen LogP contribution in [0.1, 0.15) is 25.7 Å². The molecule has 0 heterocycles. The molecule has 0 aliphatic carbocycles. The Morgan fingerprint density at radius 3 is 2.77 bits per heavy atom. The molecule has 0 aliphatic rings. The number of rotatable bonds is 8. The summed E-state index contributed by atoms with van der Waals surface area (Å²) in [5.74, 6) is 0. The molecule has 0 fully saturated rings. The number of nitriles is 1. The number of unbranched alkanes of at least 4 members (excludes halogenated alkanes) is 1. The van der Waals surface area contributed by atoms with Crippen molar-refractivity contribution >= 4 is 0 Å². The largest absolute Gasteiger partial charge is 0.396 e. The molecule has 0 bridgehead atoms. The van der Waals surface area contributed by atoms with Crippen molar-refractivity contribution in [3.63, 3.8) is 0 Å². The van der Waals surface area contributed by atoms with Crippen LogP contribution in [0.4, 0.5) is 0 Å². The first-order valence-electron chi connectivity index (χ1n) is 4.55. The zero-order chi connectivity index (χ0) is 9.94. The maximum atomic E-state index is 9.29. The fraction of sp³-hybridized carbons (Fsp3) is 0.889. The summed E-state index contributed by atoms with van der Waals surface area (Å²) in [6.45, 7) is 0.836. The smallest absolute Gasteiger partial charge is 0.0773 e. The highest BCUT2D eigenvalue weighted by Crippen LogP contribution is 2.00. The molecule has 0 aromatic rings. The van der Waals surface area contributed by atoms with E-state index < -0.39 is 6.10 Å². The number of aliphatic hydroxyl groups is 2. The molecule has 0 radical (unpaired) electrons. The SMILES string of the molecule is N#CCCOCC(O)CCCCO. The van der Waals surface area contributed by atoms with Gasteiger partial charge < -0.3 is 14.9 Å². The second-order valence-electron chi connectivity index (χ2n) is 2.86. The van der Waals surface area contributed by atoms with Crippen molar-refractivity contribution in [3.05, 3.63) is 0 Å². The van der Waals surface area contributed by atoms with Crippen LogP contribution in [-0.2, 0) is 4.74 Å². The third kappa shape index (κ3) is 9.28. The van der Waals surface area contributed by atoms with E-state index in [1.807, 2.05) is 6.07 Å². The van der Waals surface area contributed by atoms with Gasteiger partial charge in [-0.1, -0.05) is 0 Å². The molecule has 0 amide bonds. The summed E-state index contributed by atoms with van der Waals surface area (Å²) in [6, 6.07) is 1.95. The fourth-order valence-electron chi connectivity index (χ4n) is 0.912. The molecule has 4 nitrogen and oxygen atoms in total. The molecule has 2 N–H and O–H groups in total. The lowest BCUT2D eigenvalue weighted by Crippen LogP contribution is -2.15. The molecule has 76 valence electrons. The van der Waals surface area contributed by atoms with Crippen molar-refractivity contribution in [1.29, 1.82) is 5.26 Å². The first-order valence-corrected chi connectivity index (χ1v) is 4.55. The number of hydrogen-bond acceptors (Lipinski definition) is 4. The lowest BCUT2D eigenvalue weighted by molar-refractivity contribution is 0.0330. The molecule has 0 saturated heterocycles. The first kappa shape index (κ1) is 12.4. The number of ether oxygens (including phenoxy) is 1. The van der Waals surface area contributed by atoms with E-state index in [0.29, 0.717) is 19.4 Å². The summed E-state index contributed by atoms with van der Waals surface area (Å²) in [4.78, 5) is 0. The number of nitrogens with zero attached hydrogens (tertiary/aromatic N) is 1. The van der Waals surface area contributed by atoms with Gasteiger partial charge in [-0.25, -0.2) is 0 Å². The van der Waals surface area contributed by atoms with E-state index in [0.717, 1.165) is 12.8 Å². The standard InChI is InChI=1S/C9H17NO3/c10-5-3-7-13-8-9(12)4-1-2-6-11/h9,11-12H,1-4,6-8H2. The van der Waals surface area contributed by atoms with E-state index in [1.54, 1.807) is 0 Å². The van der Waals surface area contributed by atoms with Gasteiger partial charge in [0.25, 0.3) is 0 Å². The summed E-state index contributed by atoms with van der Waals surface area (Å²) < 4.78 is 5.03. The first-order chi connectivity index (χ1) is 6.31. The van der Waals surface area contributed by atoms with Gasteiger partial charge in [0.1, 0.15) is 0 Å². The van der Waals surface area contributed by atoms with Crippen LogP contribution in [0.25, 0.3) is 0 Å². The molecular formula is C9H17NO3. The summed E-state index contributed by atoms with van der Waals surface area (Å²) in [5, 5.41) is 25.9. The Labute approximate surface area is 78.8 Å². The Bertz CT molecular complexity index is 144. The van der Waals surface area contributed by atoms with Crippen molar-refractivity contribution in [2.24, 2.45) is 0 Å². The molecule has 13 heavy (non-hydrogen) atoms. The van der Waals surface area contributed by atoms with Gasteiger partial charge in [0.05, 0.1) is 31.8 Å². The van der Waals surface area contributed by atoms with Crippen molar-refractivity contribution in [3.8, 4) is 6.07 Å². The van der Waals surface area contributed by atoms with E-state index >= 15 is 0 Å². The van der Waals surface area contributed by atoms with Crippen molar-refractivity contribution < 1.29 is 14.9 Å².